The Labute approximate surface area is 71.0 Å². The fraction of sp³-hybridized carbons (Fsp3) is 0.750. The van der Waals surface area contributed by atoms with Crippen molar-refractivity contribution in [2.24, 2.45) is 0 Å². The number of hydrogen-bond acceptors (Lipinski definition) is 1. The molecule has 0 amide bonds. The van der Waals surface area contributed by atoms with Gasteiger partial charge in [-0.1, -0.05) is 21.9 Å². The first-order chi connectivity index (χ1) is 4.27. The lowest BCUT2D eigenvalue weighted by molar-refractivity contribution is 0.104. The van der Waals surface area contributed by atoms with Gasteiger partial charge in [0.15, 0.2) is 0 Å². The van der Waals surface area contributed by atoms with Gasteiger partial charge in [-0.3, -0.25) is 0 Å². The van der Waals surface area contributed by atoms with E-state index in [4.69, 9.17) is 6.42 Å². The molecule has 0 unspecified atom stereocenters. The Kier molecular flexibility index (Phi) is 2.94. The Morgan fingerprint density at radius 3 is 2.00 bits per heavy atom. The van der Waals surface area contributed by atoms with Crippen LogP contribution in [0.4, 0.5) is 0 Å². The zero-order valence-electron chi connectivity index (χ0n) is 6.61. The van der Waals surface area contributed by atoms with Crippen molar-refractivity contribution in [2.45, 2.75) is 37.1 Å². The Morgan fingerprint density at radius 2 is 1.90 bits per heavy atom. The normalized spacial score (nSPS) is 17.6. The van der Waals surface area contributed by atoms with Crippen LogP contribution in [0.5, 0.6) is 0 Å². The van der Waals surface area contributed by atoms with E-state index in [2.05, 4.69) is 21.9 Å². The third kappa shape index (κ3) is 4.84. The second-order valence-corrected chi connectivity index (χ2v) is 5.46. The van der Waals surface area contributed by atoms with Crippen LogP contribution in [-0.4, -0.2) is 15.0 Å². The quantitative estimate of drug-likeness (QED) is 0.539. The van der Waals surface area contributed by atoms with Crippen LogP contribution in [0.3, 0.4) is 0 Å². The number of hydrogen-bond donors (Lipinski definition) is 1. The molecule has 1 nitrogen and oxygen atoms in total. The van der Waals surface area contributed by atoms with Gasteiger partial charge in [0.2, 0.25) is 0 Å². The van der Waals surface area contributed by atoms with E-state index in [1.165, 1.54) is 0 Å². The molecular weight excluding hydrogens is 192 g/mol. The van der Waals surface area contributed by atoms with Gasteiger partial charge < -0.3 is 5.11 Å². The molecule has 0 saturated heterocycles. The van der Waals surface area contributed by atoms with E-state index < -0.39 is 5.60 Å². The van der Waals surface area contributed by atoms with Crippen molar-refractivity contribution < 1.29 is 5.11 Å². The summed E-state index contributed by atoms with van der Waals surface area (Å²) in [4.78, 5) is 0. The van der Waals surface area contributed by atoms with Crippen LogP contribution in [0.2, 0.25) is 0 Å². The lowest BCUT2D eigenvalue weighted by atomic mass is 9.95. The second-order valence-electron chi connectivity index (χ2n) is 3.31. The highest BCUT2D eigenvalue weighted by molar-refractivity contribution is 9.10. The lowest BCUT2D eigenvalue weighted by Gasteiger charge is -2.24. The Morgan fingerprint density at radius 1 is 1.50 bits per heavy atom. The van der Waals surface area contributed by atoms with Crippen LogP contribution in [0.1, 0.15) is 27.2 Å². The van der Waals surface area contributed by atoms with E-state index in [1.54, 1.807) is 6.92 Å². The molecule has 0 saturated carbocycles. The standard InChI is InChI=1S/C8H13BrO/c1-5-8(4,10)6-7(2,3)9/h1,10H,6H2,2-4H3/t8-/m0/s1. The molecule has 0 aromatic heterocycles. The number of rotatable bonds is 2. The van der Waals surface area contributed by atoms with Crippen LogP contribution in [0.25, 0.3) is 0 Å². The van der Waals surface area contributed by atoms with Gasteiger partial charge in [0.1, 0.15) is 5.60 Å². The van der Waals surface area contributed by atoms with Crippen molar-refractivity contribution >= 4 is 15.9 Å². The summed E-state index contributed by atoms with van der Waals surface area (Å²) in [6.07, 6.45) is 5.64. The largest absolute Gasteiger partial charge is 0.378 e. The maximum atomic E-state index is 9.39. The summed E-state index contributed by atoms with van der Waals surface area (Å²) in [6.45, 7) is 5.58. The van der Waals surface area contributed by atoms with Gasteiger partial charge in [0.25, 0.3) is 0 Å². The summed E-state index contributed by atoms with van der Waals surface area (Å²) in [5.41, 5.74) is -0.993. The molecule has 10 heavy (non-hydrogen) atoms. The van der Waals surface area contributed by atoms with Gasteiger partial charge in [-0.2, -0.15) is 0 Å². The highest BCUT2D eigenvalue weighted by Crippen LogP contribution is 2.27. The monoisotopic (exact) mass is 204 g/mol. The summed E-state index contributed by atoms with van der Waals surface area (Å²) in [5.74, 6) is 2.32. The van der Waals surface area contributed by atoms with E-state index in [0.717, 1.165) is 0 Å². The second kappa shape index (κ2) is 2.94. The molecule has 0 aliphatic heterocycles. The van der Waals surface area contributed by atoms with Crippen LogP contribution in [0.15, 0.2) is 0 Å². The van der Waals surface area contributed by atoms with E-state index in [1.807, 2.05) is 13.8 Å². The summed E-state index contributed by atoms with van der Waals surface area (Å²) in [6, 6.07) is 0. The highest BCUT2D eigenvalue weighted by Gasteiger charge is 2.26. The minimum atomic E-state index is -0.993. The molecule has 0 heterocycles. The molecule has 0 aliphatic rings. The van der Waals surface area contributed by atoms with E-state index >= 15 is 0 Å². The molecule has 0 spiro atoms. The minimum Gasteiger partial charge on any atom is -0.378 e. The van der Waals surface area contributed by atoms with Crippen LogP contribution in [-0.2, 0) is 0 Å². The van der Waals surface area contributed by atoms with E-state index in [9.17, 15) is 5.11 Å². The van der Waals surface area contributed by atoms with Gasteiger partial charge >= 0.3 is 0 Å². The molecule has 0 fully saturated rings. The minimum absolute atomic E-state index is 0.0944. The van der Waals surface area contributed by atoms with Crippen molar-refractivity contribution in [3.63, 3.8) is 0 Å². The predicted molar refractivity (Wildman–Crippen MR) is 47.1 cm³/mol. The fourth-order valence-corrected chi connectivity index (χ4v) is 1.42. The van der Waals surface area contributed by atoms with Gasteiger partial charge in [-0.25, -0.2) is 0 Å². The zero-order valence-corrected chi connectivity index (χ0v) is 8.20. The zero-order chi connectivity index (χ0) is 8.41. The van der Waals surface area contributed by atoms with Crippen molar-refractivity contribution in [2.75, 3.05) is 0 Å². The topological polar surface area (TPSA) is 20.2 Å². The molecule has 58 valence electrons. The number of terminal acetylenes is 1. The van der Waals surface area contributed by atoms with Gasteiger partial charge in [-0.15, -0.1) is 6.42 Å². The molecule has 2 heteroatoms. The molecule has 0 aromatic carbocycles. The molecule has 0 radical (unpaired) electrons. The van der Waals surface area contributed by atoms with Crippen LogP contribution < -0.4 is 0 Å². The van der Waals surface area contributed by atoms with Crippen LogP contribution >= 0.6 is 15.9 Å². The predicted octanol–water partition coefficient (Wildman–Crippen LogP) is 1.93. The smallest absolute Gasteiger partial charge is 0.123 e. The van der Waals surface area contributed by atoms with Crippen molar-refractivity contribution in [1.82, 2.24) is 0 Å². The maximum absolute atomic E-state index is 9.39. The Balaban J connectivity index is 4.05. The van der Waals surface area contributed by atoms with Crippen molar-refractivity contribution in [3.8, 4) is 12.3 Å². The average Bonchev–Trinajstić information content (AvgIpc) is 1.60. The molecule has 0 aromatic rings. The number of aliphatic hydroxyl groups is 1. The third-order valence-corrected chi connectivity index (χ3v) is 1.36. The molecule has 0 bridgehead atoms. The summed E-state index contributed by atoms with van der Waals surface area (Å²) < 4.78 is -0.0944. The molecule has 0 aliphatic carbocycles. The first-order valence-electron chi connectivity index (χ1n) is 3.16. The average molecular weight is 205 g/mol. The van der Waals surface area contributed by atoms with E-state index in [-0.39, 0.29) is 4.32 Å². The first kappa shape index (κ1) is 10.0. The molecule has 0 rings (SSSR count). The third-order valence-electron chi connectivity index (χ3n) is 1.08. The van der Waals surface area contributed by atoms with Gasteiger partial charge in [-0.05, 0) is 20.8 Å². The van der Waals surface area contributed by atoms with Crippen molar-refractivity contribution in [3.05, 3.63) is 0 Å². The Bertz CT molecular complexity index is 148. The highest BCUT2D eigenvalue weighted by atomic mass is 79.9. The fourth-order valence-electron chi connectivity index (χ4n) is 0.870. The van der Waals surface area contributed by atoms with Crippen molar-refractivity contribution in [1.29, 1.82) is 0 Å². The lowest BCUT2D eigenvalue weighted by Crippen LogP contribution is -2.29. The first-order valence-corrected chi connectivity index (χ1v) is 3.95. The summed E-state index contributed by atoms with van der Waals surface area (Å²) in [5, 5.41) is 9.39. The summed E-state index contributed by atoms with van der Waals surface area (Å²) >= 11 is 3.40. The van der Waals surface area contributed by atoms with Gasteiger partial charge in [0.05, 0.1) is 0 Å². The molecular formula is C8H13BrO. The Hall–Kier alpha value is 0. The van der Waals surface area contributed by atoms with Gasteiger partial charge in [0, 0.05) is 10.7 Å². The molecule has 1 N–H and O–H groups in total. The van der Waals surface area contributed by atoms with Crippen LogP contribution in [0, 0.1) is 12.3 Å². The maximum Gasteiger partial charge on any atom is 0.123 e. The van der Waals surface area contributed by atoms with E-state index in [0.29, 0.717) is 6.42 Å². The number of halogens is 1. The SMILES string of the molecule is C#C[C@](C)(O)CC(C)(C)Br. The molecule has 1 atom stereocenters. The number of alkyl halides is 1. The summed E-state index contributed by atoms with van der Waals surface area (Å²) in [7, 11) is 0.